The van der Waals surface area contributed by atoms with Crippen molar-refractivity contribution in [3.8, 4) is 0 Å². The van der Waals surface area contributed by atoms with E-state index in [1.54, 1.807) is 6.20 Å². The molecule has 1 rings (SSSR count). The lowest BCUT2D eigenvalue weighted by Gasteiger charge is -1.99. The molecule has 1 aromatic heterocycles. The molecule has 6 nitrogen and oxygen atoms in total. The average Bonchev–Trinajstić information content (AvgIpc) is 2.32. The summed E-state index contributed by atoms with van der Waals surface area (Å²) < 4.78 is 31.9. The van der Waals surface area contributed by atoms with Gasteiger partial charge in [0.05, 0.1) is 13.0 Å². The molecule has 11 heavy (non-hydrogen) atoms. The zero-order chi connectivity index (χ0) is 8.32. The van der Waals surface area contributed by atoms with Crippen LogP contribution in [-0.2, 0) is 17.0 Å². The summed E-state index contributed by atoms with van der Waals surface area (Å²) in [6, 6.07) is 0. The van der Waals surface area contributed by atoms with E-state index in [0.29, 0.717) is 0 Å². The number of nitrogens with one attached hydrogen (secondary N) is 1. The maximum absolute atomic E-state index is 10.1. The molecule has 0 saturated heterocycles. The van der Waals surface area contributed by atoms with E-state index in [1.807, 2.05) is 4.72 Å². The fourth-order valence-electron chi connectivity index (χ4n) is 0.536. The van der Waals surface area contributed by atoms with E-state index < -0.39 is 10.3 Å². The Morgan fingerprint density at radius 1 is 1.64 bits per heavy atom. The first-order valence-corrected chi connectivity index (χ1v) is 4.20. The number of hydrogen-bond donors (Lipinski definition) is 2. The number of rotatable bonds is 3. The number of aromatic nitrogens is 2. The predicted octanol–water partition coefficient (Wildman–Crippen LogP) is -0.767. The third-order valence-electron chi connectivity index (χ3n) is 0.989. The second-order valence-corrected chi connectivity index (χ2v) is 3.09. The highest BCUT2D eigenvalue weighted by Crippen LogP contribution is 1.83. The zero-order valence-electron chi connectivity index (χ0n) is 5.51. The molecule has 0 bridgehead atoms. The van der Waals surface area contributed by atoms with Crippen LogP contribution in [0, 0.1) is 0 Å². The van der Waals surface area contributed by atoms with Crippen molar-refractivity contribution in [1.29, 1.82) is 0 Å². The summed E-state index contributed by atoms with van der Waals surface area (Å²) in [6.07, 6.45) is 4.50. The summed E-state index contributed by atoms with van der Waals surface area (Å²) in [7, 11) is -4.10. The van der Waals surface area contributed by atoms with Crippen molar-refractivity contribution in [2.45, 2.75) is 6.67 Å². The molecule has 0 aromatic carbocycles. The monoisotopic (exact) mass is 177 g/mol. The summed E-state index contributed by atoms with van der Waals surface area (Å²) in [5.41, 5.74) is 0. The molecule has 1 aromatic rings. The van der Waals surface area contributed by atoms with Crippen LogP contribution < -0.4 is 4.72 Å². The Balaban J connectivity index is 2.48. The minimum atomic E-state index is -4.10. The first-order valence-electron chi connectivity index (χ1n) is 2.76. The van der Waals surface area contributed by atoms with Crippen LogP contribution in [0.25, 0.3) is 0 Å². The molecular weight excluding hydrogens is 170 g/mol. The summed E-state index contributed by atoms with van der Waals surface area (Å²) in [4.78, 5) is 3.67. The third-order valence-corrected chi connectivity index (χ3v) is 1.48. The van der Waals surface area contributed by atoms with Gasteiger partial charge in [-0.1, -0.05) is 0 Å². The third kappa shape index (κ3) is 3.12. The van der Waals surface area contributed by atoms with Gasteiger partial charge in [-0.05, 0) is 0 Å². The van der Waals surface area contributed by atoms with Crippen molar-refractivity contribution in [3.05, 3.63) is 18.7 Å². The Morgan fingerprint density at radius 2 is 2.36 bits per heavy atom. The largest absolute Gasteiger partial charge is 0.334 e. The van der Waals surface area contributed by atoms with Gasteiger partial charge < -0.3 is 4.57 Å². The molecule has 0 fully saturated rings. The van der Waals surface area contributed by atoms with Crippen molar-refractivity contribution in [1.82, 2.24) is 14.3 Å². The van der Waals surface area contributed by atoms with E-state index in [4.69, 9.17) is 4.55 Å². The highest BCUT2D eigenvalue weighted by atomic mass is 32.2. The second-order valence-electron chi connectivity index (χ2n) is 1.85. The minimum absolute atomic E-state index is 0.0150. The molecule has 0 amide bonds. The van der Waals surface area contributed by atoms with Crippen molar-refractivity contribution in [2.24, 2.45) is 0 Å². The van der Waals surface area contributed by atoms with E-state index in [2.05, 4.69) is 4.98 Å². The Labute approximate surface area is 63.7 Å². The fourth-order valence-corrected chi connectivity index (χ4v) is 0.849. The van der Waals surface area contributed by atoms with E-state index in [9.17, 15) is 8.42 Å². The van der Waals surface area contributed by atoms with E-state index >= 15 is 0 Å². The lowest BCUT2D eigenvalue weighted by atomic mass is 10.9. The van der Waals surface area contributed by atoms with Crippen LogP contribution in [0.4, 0.5) is 0 Å². The average molecular weight is 177 g/mol. The second kappa shape index (κ2) is 2.99. The zero-order valence-corrected chi connectivity index (χ0v) is 6.32. The molecule has 1 heterocycles. The molecule has 0 saturated carbocycles. The Morgan fingerprint density at radius 3 is 2.82 bits per heavy atom. The Hall–Kier alpha value is -0.920. The van der Waals surface area contributed by atoms with Crippen molar-refractivity contribution < 1.29 is 13.0 Å². The van der Waals surface area contributed by atoms with Gasteiger partial charge >= 0.3 is 10.3 Å². The van der Waals surface area contributed by atoms with Crippen molar-refractivity contribution in [3.63, 3.8) is 0 Å². The molecule has 0 spiro atoms. The number of hydrogen-bond acceptors (Lipinski definition) is 3. The number of nitrogens with zero attached hydrogens (tertiary/aromatic N) is 2. The Bertz CT molecular complexity index is 303. The number of imidazole rings is 1. The van der Waals surface area contributed by atoms with Crippen LogP contribution in [0.5, 0.6) is 0 Å². The summed E-state index contributed by atoms with van der Waals surface area (Å²) in [5.74, 6) is 0. The molecule has 0 aliphatic rings. The first kappa shape index (κ1) is 8.18. The summed E-state index contributed by atoms with van der Waals surface area (Å²) >= 11 is 0. The fraction of sp³-hybridized carbons (Fsp3) is 0.250. The van der Waals surface area contributed by atoms with Crippen LogP contribution >= 0.6 is 0 Å². The van der Waals surface area contributed by atoms with Crippen molar-refractivity contribution in [2.75, 3.05) is 0 Å². The summed E-state index contributed by atoms with van der Waals surface area (Å²) in [5, 5.41) is 0. The van der Waals surface area contributed by atoms with Gasteiger partial charge in [-0.3, -0.25) is 4.55 Å². The minimum Gasteiger partial charge on any atom is -0.323 e. The van der Waals surface area contributed by atoms with Crippen LogP contribution in [0.15, 0.2) is 18.7 Å². The molecular formula is C4H7N3O3S. The maximum Gasteiger partial charge on any atom is 0.334 e. The van der Waals surface area contributed by atoms with Gasteiger partial charge in [0.2, 0.25) is 0 Å². The van der Waals surface area contributed by atoms with Crippen LogP contribution in [0.1, 0.15) is 0 Å². The molecule has 0 aliphatic heterocycles. The molecule has 0 atom stereocenters. The summed E-state index contributed by atoms with van der Waals surface area (Å²) in [6.45, 7) is -0.0150. The van der Waals surface area contributed by atoms with Crippen LogP contribution in [0.2, 0.25) is 0 Å². The molecule has 0 aliphatic carbocycles. The van der Waals surface area contributed by atoms with Gasteiger partial charge in [0, 0.05) is 12.4 Å². The molecule has 2 N–H and O–H groups in total. The van der Waals surface area contributed by atoms with Gasteiger partial charge in [-0.15, -0.1) is 0 Å². The highest BCUT2D eigenvalue weighted by Gasteiger charge is 2.00. The SMILES string of the molecule is O=S(=O)(O)NCn1ccnc1. The predicted molar refractivity (Wildman–Crippen MR) is 36.9 cm³/mol. The normalized spacial score (nSPS) is 11.7. The van der Waals surface area contributed by atoms with Gasteiger partial charge in [-0.2, -0.15) is 13.1 Å². The smallest absolute Gasteiger partial charge is 0.323 e. The van der Waals surface area contributed by atoms with Crippen LogP contribution in [-0.4, -0.2) is 22.5 Å². The molecule has 62 valence electrons. The molecule has 0 unspecified atom stereocenters. The van der Waals surface area contributed by atoms with E-state index in [1.165, 1.54) is 17.1 Å². The van der Waals surface area contributed by atoms with Gasteiger partial charge in [-0.25, -0.2) is 4.98 Å². The first-order chi connectivity index (χ1) is 5.08. The lowest BCUT2D eigenvalue weighted by molar-refractivity contribution is 0.457. The topological polar surface area (TPSA) is 84.2 Å². The Kier molecular flexibility index (Phi) is 2.22. The highest BCUT2D eigenvalue weighted by molar-refractivity contribution is 7.83. The van der Waals surface area contributed by atoms with Gasteiger partial charge in [0.1, 0.15) is 0 Å². The van der Waals surface area contributed by atoms with Gasteiger partial charge in [0.15, 0.2) is 0 Å². The van der Waals surface area contributed by atoms with Crippen molar-refractivity contribution >= 4 is 10.3 Å². The van der Waals surface area contributed by atoms with Gasteiger partial charge in [0.25, 0.3) is 0 Å². The van der Waals surface area contributed by atoms with E-state index in [-0.39, 0.29) is 6.67 Å². The lowest BCUT2D eigenvalue weighted by Crippen LogP contribution is -2.24. The molecule has 0 radical (unpaired) electrons. The quantitative estimate of drug-likeness (QED) is 0.594. The maximum atomic E-state index is 10.1. The van der Waals surface area contributed by atoms with E-state index in [0.717, 1.165) is 0 Å². The standard InChI is InChI=1S/C4H7N3O3S/c8-11(9,10)6-4-7-2-1-5-3-7/h1-3,6H,4H2,(H,8,9,10). The van der Waals surface area contributed by atoms with Crippen LogP contribution in [0.3, 0.4) is 0 Å². The molecule has 7 heteroatoms.